The number of anilines is 1. The zero-order valence-corrected chi connectivity index (χ0v) is 11.4. The molecule has 0 saturated carbocycles. The van der Waals surface area contributed by atoms with Crippen molar-refractivity contribution in [3.05, 3.63) is 29.8 Å². The van der Waals surface area contributed by atoms with Crippen molar-refractivity contribution in [1.82, 2.24) is 5.32 Å². The van der Waals surface area contributed by atoms with Gasteiger partial charge in [0.1, 0.15) is 0 Å². The molecule has 1 unspecified atom stereocenters. The van der Waals surface area contributed by atoms with Crippen LogP contribution >= 0.6 is 0 Å². The smallest absolute Gasteiger partial charge is 0.0444 e. The van der Waals surface area contributed by atoms with E-state index >= 15 is 0 Å². The monoisotopic (exact) mass is 251 g/mol. The summed E-state index contributed by atoms with van der Waals surface area (Å²) in [4.78, 5) is 2.08. The van der Waals surface area contributed by atoms with Gasteiger partial charge in [-0.05, 0) is 37.1 Å². The van der Waals surface area contributed by atoms with Crippen molar-refractivity contribution in [3.63, 3.8) is 0 Å². The van der Waals surface area contributed by atoms with Crippen LogP contribution in [-0.2, 0) is 0 Å². The number of rotatable bonds is 8. The number of hydrogen-bond donors (Lipinski definition) is 3. The molecule has 0 fully saturated rings. The van der Waals surface area contributed by atoms with Crippen molar-refractivity contribution < 1.29 is 5.11 Å². The van der Waals surface area contributed by atoms with Gasteiger partial charge in [0.2, 0.25) is 0 Å². The Morgan fingerprint density at radius 3 is 2.39 bits per heavy atom. The molecule has 0 saturated heterocycles. The number of nitrogens with two attached hydrogens (primary N) is 1. The fourth-order valence-electron chi connectivity index (χ4n) is 1.86. The molecule has 0 spiro atoms. The molecule has 0 aromatic heterocycles. The maximum absolute atomic E-state index is 8.73. The summed E-state index contributed by atoms with van der Waals surface area (Å²) in [5.41, 5.74) is 8.20. The largest absolute Gasteiger partial charge is 0.396 e. The number of hydrogen-bond acceptors (Lipinski definition) is 4. The molecule has 1 aromatic carbocycles. The van der Waals surface area contributed by atoms with E-state index in [9.17, 15) is 0 Å². The number of unbranched alkanes of at least 4 members (excludes halogenated alkanes) is 1. The lowest BCUT2D eigenvalue weighted by Crippen LogP contribution is -2.29. The van der Waals surface area contributed by atoms with Gasteiger partial charge in [0.25, 0.3) is 0 Å². The summed E-state index contributed by atoms with van der Waals surface area (Å²) in [6.07, 6.45) is 1.81. The van der Waals surface area contributed by atoms with Crippen LogP contribution in [0, 0.1) is 0 Å². The van der Waals surface area contributed by atoms with E-state index in [-0.39, 0.29) is 12.6 Å². The molecule has 102 valence electrons. The van der Waals surface area contributed by atoms with E-state index in [1.54, 1.807) is 0 Å². The second kappa shape index (κ2) is 8.08. The number of nitrogens with one attached hydrogen (secondary N) is 1. The van der Waals surface area contributed by atoms with Gasteiger partial charge in [-0.1, -0.05) is 12.1 Å². The lowest BCUT2D eigenvalue weighted by molar-refractivity contribution is 0.282. The normalized spacial score (nSPS) is 12.4. The van der Waals surface area contributed by atoms with Gasteiger partial charge in [-0.3, -0.25) is 0 Å². The van der Waals surface area contributed by atoms with Gasteiger partial charge < -0.3 is 21.1 Å². The number of nitrogens with zero attached hydrogens (tertiary/aromatic N) is 1. The number of aliphatic hydroxyl groups is 1. The standard InChI is InChI=1S/C14H25N3O/c1-17(2)13-7-5-12(6-8-13)14(11-15)16-9-3-4-10-18/h5-8,14,16,18H,3-4,9-11,15H2,1-2H3. The molecule has 18 heavy (non-hydrogen) atoms. The number of aliphatic hydroxyl groups excluding tert-OH is 1. The molecule has 4 heteroatoms. The first-order valence-electron chi connectivity index (χ1n) is 6.50. The van der Waals surface area contributed by atoms with Crippen LogP contribution in [-0.4, -0.2) is 38.9 Å². The summed E-state index contributed by atoms with van der Waals surface area (Å²) in [7, 11) is 4.06. The third kappa shape index (κ3) is 4.64. The minimum atomic E-state index is 0.194. The van der Waals surface area contributed by atoms with Crippen molar-refractivity contribution in [2.45, 2.75) is 18.9 Å². The molecule has 0 radical (unpaired) electrons. The summed E-state index contributed by atoms with van der Waals surface area (Å²) < 4.78 is 0. The Balaban J connectivity index is 2.53. The highest BCUT2D eigenvalue weighted by Crippen LogP contribution is 2.17. The molecule has 0 amide bonds. The van der Waals surface area contributed by atoms with Crippen LogP contribution in [0.2, 0.25) is 0 Å². The zero-order chi connectivity index (χ0) is 13.4. The van der Waals surface area contributed by atoms with Crippen molar-refractivity contribution in [2.24, 2.45) is 5.73 Å². The molecule has 0 aliphatic carbocycles. The molecule has 1 aromatic rings. The van der Waals surface area contributed by atoms with Crippen LogP contribution in [0.4, 0.5) is 5.69 Å². The zero-order valence-electron chi connectivity index (χ0n) is 11.4. The maximum Gasteiger partial charge on any atom is 0.0444 e. The van der Waals surface area contributed by atoms with E-state index in [0.717, 1.165) is 19.4 Å². The Bertz CT molecular complexity index is 324. The van der Waals surface area contributed by atoms with Gasteiger partial charge in [0.05, 0.1) is 0 Å². The maximum atomic E-state index is 8.73. The van der Waals surface area contributed by atoms with E-state index in [2.05, 4.69) is 34.5 Å². The third-order valence-corrected chi connectivity index (χ3v) is 3.02. The molecule has 1 rings (SSSR count). The van der Waals surface area contributed by atoms with Gasteiger partial charge >= 0.3 is 0 Å². The minimum absolute atomic E-state index is 0.194. The summed E-state index contributed by atoms with van der Waals surface area (Å²) in [5.74, 6) is 0. The quantitative estimate of drug-likeness (QED) is 0.606. The van der Waals surface area contributed by atoms with Gasteiger partial charge in [-0.2, -0.15) is 0 Å². The summed E-state index contributed by atoms with van der Waals surface area (Å²) in [6.45, 7) is 1.73. The fraction of sp³-hybridized carbons (Fsp3) is 0.571. The van der Waals surface area contributed by atoms with E-state index in [0.29, 0.717) is 6.54 Å². The van der Waals surface area contributed by atoms with E-state index < -0.39 is 0 Å². The first kappa shape index (κ1) is 15.0. The highest BCUT2D eigenvalue weighted by atomic mass is 16.2. The van der Waals surface area contributed by atoms with Crippen LogP contribution in [0.3, 0.4) is 0 Å². The number of benzene rings is 1. The average molecular weight is 251 g/mol. The molecule has 1 atom stereocenters. The second-order valence-corrected chi connectivity index (χ2v) is 4.66. The predicted octanol–water partition coefficient (Wildman–Crippen LogP) is 1.11. The Labute approximate surface area is 110 Å². The fourth-order valence-corrected chi connectivity index (χ4v) is 1.86. The first-order valence-corrected chi connectivity index (χ1v) is 6.50. The molecular formula is C14H25N3O. The molecule has 4 nitrogen and oxygen atoms in total. The van der Waals surface area contributed by atoms with Crippen LogP contribution in [0.25, 0.3) is 0 Å². The highest BCUT2D eigenvalue weighted by Gasteiger charge is 2.08. The van der Waals surface area contributed by atoms with E-state index in [4.69, 9.17) is 10.8 Å². The van der Waals surface area contributed by atoms with Crippen LogP contribution in [0.15, 0.2) is 24.3 Å². The van der Waals surface area contributed by atoms with Crippen molar-refractivity contribution >= 4 is 5.69 Å². The van der Waals surface area contributed by atoms with Crippen LogP contribution in [0.1, 0.15) is 24.4 Å². The summed E-state index contributed by atoms with van der Waals surface area (Å²) in [5, 5.41) is 12.2. The lowest BCUT2D eigenvalue weighted by atomic mass is 10.1. The van der Waals surface area contributed by atoms with Gasteiger partial charge in [-0.25, -0.2) is 0 Å². The van der Waals surface area contributed by atoms with Crippen LogP contribution < -0.4 is 16.0 Å². The average Bonchev–Trinajstić information content (AvgIpc) is 2.39. The van der Waals surface area contributed by atoms with Gasteiger partial charge in [0, 0.05) is 39.0 Å². The predicted molar refractivity (Wildman–Crippen MR) is 76.9 cm³/mol. The van der Waals surface area contributed by atoms with Crippen molar-refractivity contribution in [1.29, 1.82) is 0 Å². The van der Waals surface area contributed by atoms with Crippen molar-refractivity contribution in [3.8, 4) is 0 Å². The Kier molecular flexibility index (Phi) is 6.72. The lowest BCUT2D eigenvalue weighted by Gasteiger charge is -2.19. The van der Waals surface area contributed by atoms with Crippen molar-refractivity contribution in [2.75, 3.05) is 38.7 Å². The molecule has 0 bridgehead atoms. The molecule has 0 aliphatic heterocycles. The van der Waals surface area contributed by atoms with Gasteiger partial charge in [-0.15, -0.1) is 0 Å². The van der Waals surface area contributed by atoms with Crippen LogP contribution in [0.5, 0.6) is 0 Å². The molecule has 0 heterocycles. The minimum Gasteiger partial charge on any atom is -0.396 e. The SMILES string of the molecule is CN(C)c1ccc(C(CN)NCCCCO)cc1. The summed E-state index contributed by atoms with van der Waals surface area (Å²) >= 11 is 0. The molecular weight excluding hydrogens is 226 g/mol. The Hall–Kier alpha value is -1.10. The van der Waals surface area contributed by atoms with E-state index in [1.165, 1.54) is 11.3 Å². The summed E-state index contributed by atoms with van der Waals surface area (Å²) in [6, 6.07) is 8.64. The third-order valence-electron chi connectivity index (χ3n) is 3.02. The topological polar surface area (TPSA) is 61.5 Å². The Morgan fingerprint density at radius 1 is 1.22 bits per heavy atom. The van der Waals surface area contributed by atoms with Gasteiger partial charge in [0.15, 0.2) is 0 Å². The molecule has 4 N–H and O–H groups in total. The van der Waals surface area contributed by atoms with E-state index in [1.807, 2.05) is 14.1 Å². The first-order chi connectivity index (χ1) is 8.69. The Morgan fingerprint density at radius 2 is 1.89 bits per heavy atom. The molecule has 0 aliphatic rings. The second-order valence-electron chi connectivity index (χ2n) is 4.66. The highest BCUT2D eigenvalue weighted by molar-refractivity contribution is 5.46.